The van der Waals surface area contributed by atoms with E-state index in [2.05, 4.69) is 46.5 Å². The first-order chi connectivity index (χ1) is 9.70. The highest BCUT2D eigenvalue weighted by atomic mass is 79.9. The minimum absolute atomic E-state index is 0.109. The number of anilines is 2. The Bertz CT molecular complexity index is 809. The molecule has 1 aromatic heterocycles. The summed E-state index contributed by atoms with van der Waals surface area (Å²) in [5.74, 6) is 0.109. The van der Waals surface area contributed by atoms with Crippen LogP contribution in [0.5, 0.6) is 0 Å². The molecule has 1 aromatic carbocycles. The predicted molar refractivity (Wildman–Crippen MR) is 88.6 cm³/mol. The van der Waals surface area contributed by atoms with Crippen LogP contribution >= 0.6 is 31.9 Å². The minimum Gasteiger partial charge on any atom is -0.399 e. The van der Waals surface area contributed by atoms with Crippen LogP contribution in [0.1, 0.15) is 11.1 Å². The van der Waals surface area contributed by atoms with E-state index in [0.717, 1.165) is 5.56 Å². The Balaban J connectivity index is 2.48. The third-order valence-corrected chi connectivity index (χ3v) is 5.26. The Morgan fingerprint density at radius 3 is 2.52 bits per heavy atom. The average molecular weight is 436 g/mol. The molecule has 112 valence electrons. The van der Waals surface area contributed by atoms with Crippen molar-refractivity contribution in [3.8, 4) is 0 Å². The van der Waals surface area contributed by atoms with Gasteiger partial charge in [-0.2, -0.15) is 0 Å². The summed E-state index contributed by atoms with van der Waals surface area (Å²) < 4.78 is 28.2. The molecule has 0 bridgehead atoms. The zero-order valence-corrected chi connectivity index (χ0v) is 15.2. The van der Waals surface area contributed by atoms with Gasteiger partial charge >= 0.3 is 0 Å². The fraction of sp³-hybridized carbons (Fsp3) is 0.167. The number of nitrogen functional groups attached to an aromatic ring is 1. The van der Waals surface area contributed by atoms with Crippen LogP contribution in [0.2, 0.25) is 0 Å². The highest BCUT2D eigenvalue weighted by molar-refractivity contribution is 9.11. The highest BCUT2D eigenvalue weighted by Gasteiger charge is 2.21. The van der Waals surface area contributed by atoms with Crippen LogP contribution in [-0.4, -0.2) is 18.4 Å². The Hall–Kier alpha value is -1.19. The van der Waals surface area contributed by atoms with Crippen LogP contribution in [0.15, 0.2) is 32.4 Å². The molecule has 6 nitrogen and oxygen atoms in total. The molecule has 2 rings (SSSR count). The van der Waals surface area contributed by atoms with Crippen molar-refractivity contribution in [2.75, 3.05) is 10.5 Å². The molecule has 3 N–H and O–H groups in total. The predicted octanol–water partition coefficient (Wildman–Crippen LogP) is 3.00. The van der Waals surface area contributed by atoms with Crippen molar-refractivity contribution in [3.05, 3.63) is 38.7 Å². The summed E-state index contributed by atoms with van der Waals surface area (Å²) in [7, 11) is -3.80. The molecular weight excluding hydrogens is 424 g/mol. The van der Waals surface area contributed by atoms with Gasteiger partial charge < -0.3 is 5.73 Å². The quantitative estimate of drug-likeness (QED) is 0.722. The van der Waals surface area contributed by atoms with Crippen LogP contribution in [0.4, 0.5) is 11.5 Å². The number of halogens is 2. The van der Waals surface area contributed by atoms with E-state index in [1.165, 1.54) is 12.3 Å². The molecule has 0 spiro atoms. The van der Waals surface area contributed by atoms with Crippen molar-refractivity contribution >= 4 is 53.4 Å². The number of aromatic nitrogens is 2. The second-order valence-corrected chi connectivity index (χ2v) is 7.61. The van der Waals surface area contributed by atoms with Gasteiger partial charge in [-0.1, -0.05) is 0 Å². The van der Waals surface area contributed by atoms with E-state index < -0.39 is 10.0 Å². The van der Waals surface area contributed by atoms with Gasteiger partial charge in [-0.3, -0.25) is 4.72 Å². The molecule has 0 saturated carbocycles. The molecule has 0 saturated heterocycles. The van der Waals surface area contributed by atoms with Crippen molar-refractivity contribution in [1.82, 2.24) is 9.97 Å². The second kappa shape index (κ2) is 5.90. The van der Waals surface area contributed by atoms with Gasteiger partial charge in [0.2, 0.25) is 0 Å². The zero-order valence-electron chi connectivity index (χ0n) is 11.2. The van der Waals surface area contributed by atoms with Gasteiger partial charge in [0.15, 0.2) is 10.4 Å². The molecule has 0 fully saturated rings. The number of nitrogens with one attached hydrogen (secondary N) is 1. The van der Waals surface area contributed by atoms with Crippen LogP contribution in [-0.2, 0) is 10.0 Å². The lowest BCUT2D eigenvalue weighted by Crippen LogP contribution is -2.16. The van der Waals surface area contributed by atoms with E-state index in [1.807, 2.05) is 0 Å². The fourth-order valence-electron chi connectivity index (χ4n) is 1.73. The monoisotopic (exact) mass is 434 g/mol. The summed E-state index contributed by atoms with van der Waals surface area (Å²) in [5, 5.41) is 0. The molecule has 2 aromatic rings. The van der Waals surface area contributed by atoms with Crippen LogP contribution in [0.3, 0.4) is 0 Å². The van der Waals surface area contributed by atoms with Gasteiger partial charge in [0.05, 0.1) is 11.1 Å². The molecule has 0 amide bonds. The van der Waals surface area contributed by atoms with Gasteiger partial charge in [-0.15, -0.1) is 0 Å². The molecule has 1 heterocycles. The third-order valence-electron chi connectivity index (χ3n) is 2.86. The minimum atomic E-state index is -3.80. The maximum atomic E-state index is 12.5. The number of hydrogen-bond acceptors (Lipinski definition) is 5. The molecular formula is C12H12Br2N4O2S. The lowest BCUT2D eigenvalue weighted by atomic mass is 10.1. The standard InChI is InChI=1S/C12H12Br2N4O2S/c1-6-3-8(15)4-9(7(6)2)21(19,20)18-12-11(14)17-10(13)5-16-12/h3-5H,15H2,1-2H3,(H,16,18). The first-order valence-corrected chi connectivity index (χ1v) is 8.85. The van der Waals surface area contributed by atoms with Gasteiger partial charge in [0.1, 0.15) is 4.60 Å². The van der Waals surface area contributed by atoms with Crippen LogP contribution in [0.25, 0.3) is 0 Å². The SMILES string of the molecule is Cc1cc(N)cc(S(=O)(=O)Nc2ncc(Br)nc2Br)c1C. The number of benzene rings is 1. The molecule has 0 unspecified atom stereocenters. The lowest BCUT2D eigenvalue weighted by Gasteiger charge is -2.13. The van der Waals surface area contributed by atoms with Crippen molar-refractivity contribution in [2.24, 2.45) is 0 Å². The van der Waals surface area contributed by atoms with Crippen LogP contribution < -0.4 is 10.5 Å². The number of sulfonamides is 1. The molecule has 9 heteroatoms. The summed E-state index contributed by atoms with van der Waals surface area (Å²) in [4.78, 5) is 8.14. The number of rotatable bonds is 3. The molecule has 21 heavy (non-hydrogen) atoms. The lowest BCUT2D eigenvalue weighted by molar-refractivity contribution is 0.600. The van der Waals surface area contributed by atoms with Crippen molar-refractivity contribution in [3.63, 3.8) is 0 Å². The van der Waals surface area contributed by atoms with Gasteiger partial charge in [0.25, 0.3) is 10.0 Å². The molecule has 0 radical (unpaired) electrons. The van der Waals surface area contributed by atoms with Crippen molar-refractivity contribution in [2.45, 2.75) is 18.7 Å². The van der Waals surface area contributed by atoms with E-state index >= 15 is 0 Å². The summed E-state index contributed by atoms with van der Waals surface area (Å²) in [6.07, 6.45) is 1.40. The van der Waals surface area contributed by atoms with Crippen molar-refractivity contribution < 1.29 is 8.42 Å². The van der Waals surface area contributed by atoms with E-state index in [4.69, 9.17) is 5.73 Å². The zero-order chi connectivity index (χ0) is 15.8. The van der Waals surface area contributed by atoms with E-state index in [0.29, 0.717) is 20.5 Å². The first kappa shape index (κ1) is 16.2. The van der Waals surface area contributed by atoms with Crippen LogP contribution in [0, 0.1) is 13.8 Å². The molecule has 0 aliphatic carbocycles. The summed E-state index contributed by atoms with van der Waals surface area (Å²) in [6, 6.07) is 3.15. The number of nitrogens with two attached hydrogens (primary N) is 1. The van der Waals surface area contributed by atoms with Gasteiger partial charge in [-0.05, 0) is 69.0 Å². The molecule has 0 aliphatic heterocycles. The summed E-state index contributed by atoms with van der Waals surface area (Å²) >= 11 is 6.32. The van der Waals surface area contributed by atoms with E-state index in [-0.39, 0.29) is 10.7 Å². The number of aryl methyl sites for hydroxylation is 1. The Morgan fingerprint density at radius 1 is 1.24 bits per heavy atom. The smallest absolute Gasteiger partial charge is 0.263 e. The van der Waals surface area contributed by atoms with Gasteiger partial charge in [0, 0.05) is 5.69 Å². The summed E-state index contributed by atoms with van der Waals surface area (Å²) in [6.45, 7) is 3.53. The largest absolute Gasteiger partial charge is 0.399 e. The normalized spacial score (nSPS) is 11.4. The Morgan fingerprint density at radius 2 is 1.90 bits per heavy atom. The number of nitrogens with zero attached hydrogens (tertiary/aromatic N) is 2. The van der Waals surface area contributed by atoms with Gasteiger partial charge in [-0.25, -0.2) is 18.4 Å². The van der Waals surface area contributed by atoms with E-state index in [1.54, 1.807) is 19.9 Å². The Labute approximate surface area is 139 Å². The highest BCUT2D eigenvalue weighted by Crippen LogP contribution is 2.26. The maximum absolute atomic E-state index is 12.5. The Kier molecular flexibility index (Phi) is 4.54. The van der Waals surface area contributed by atoms with E-state index in [9.17, 15) is 8.42 Å². The number of hydrogen-bond donors (Lipinski definition) is 2. The average Bonchev–Trinajstić information content (AvgIpc) is 2.37. The molecule has 0 atom stereocenters. The topological polar surface area (TPSA) is 98.0 Å². The third kappa shape index (κ3) is 3.53. The molecule has 0 aliphatic rings. The second-order valence-electron chi connectivity index (χ2n) is 4.40. The first-order valence-electron chi connectivity index (χ1n) is 5.78. The summed E-state index contributed by atoms with van der Waals surface area (Å²) in [5.41, 5.74) is 7.56. The maximum Gasteiger partial charge on any atom is 0.263 e. The van der Waals surface area contributed by atoms with Crippen molar-refractivity contribution in [1.29, 1.82) is 0 Å². The fourth-order valence-corrected chi connectivity index (χ4v) is 4.14.